The van der Waals surface area contributed by atoms with Gasteiger partial charge in [0.25, 0.3) is 0 Å². The number of carbonyl (C=O) groups is 1. The minimum absolute atomic E-state index is 0.183. The fraction of sp³-hybridized carbons (Fsp3) is 0.467. The highest BCUT2D eigenvalue weighted by atomic mass is 35.5. The summed E-state index contributed by atoms with van der Waals surface area (Å²) < 4.78 is 2.59. The highest BCUT2D eigenvalue weighted by Gasteiger charge is 2.29. The van der Waals surface area contributed by atoms with E-state index in [4.69, 9.17) is 23.2 Å². The number of hydrogen-bond donors (Lipinski definition) is 1. The Bertz CT molecular complexity index is 709. The smallest absolute Gasteiger partial charge is 0.356 e. The molecule has 0 saturated carbocycles. The van der Waals surface area contributed by atoms with E-state index >= 15 is 0 Å². The molecule has 0 radical (unpaired) electrons. The van der Waals surface area contributed by atoms with Gasteiger partial charge in [0.15, 0.2) is 5.69 Å². The minimum atomic E-state index is -0.957. The maximum atomic E-state index is 11.5. The number of hydrogen-bond acceptors (Lipinski definition) is 3. The summed E-state index contributed by atoms with van der Waals surface area (Å²) in [6, 6.07) is 1.98. The topological polar surface area (TPSA) is 55.1 Å². The van der Waals surface area contributed by atoms with Crippen molar-refractivity contribution in [3.8, 4) is 10.6 Å². The van der Waals surface area contributed by atoms with Crippen LogP contribution in [0.1, 0.15) is 40.9 Å². The third kappa shape index (κ3) is 2.90. The van der Waals surface area contributed by atoms with Gasteiger partial charge in [-0.25, -0.2) is 4.79 Å². The molecule has 4 nitrogen and oxygen atoms in total. The van der Waals surface area contributed by atoms with E-state index in [9.17, 15) is 9.90 Å². The van der Waals surface area contributed by atoms with Crippen LogP contribution in [0.4, 0.5) is 0 Å². The van der Waals surface area contributed by atoms with E-state index < -0.39 is 5.97 Å². The summed E-state index contributed by atoms with van der Waals surface area (Å²) in [7, 11) is 0. The van der Waals surface area contributed by atoms with Gasteiger partial charge in [0.2, 0.25) is 0 Å². The Labute approximate surface area is 142 Å². The molecule has 0 spiro atoms. The summed E-state index contributed by atoms with van der Waals surface area (Å²) in [5.74, 6) is -0.302. The minimum Gasteiger partial charge on any atom is -0.476 e. The molecule has 1 aliphatic carbocycles. The van der Waals surface area contributed by atoms with E-state index in [0.717, 1.165) is 46.2 Å². The maximum absolute atomic E-state index is 11.5. The van der Waals surface area contributed by atoms with Gasteiger partial charge in [0, 0.05) is 18.0 Å². The molecule has 0 amide bonds. The Morgan fingerprint density at radius 2 is 2.18 bits per heavy atom. The molecule has 2 heterocycles. The summed E-state index contributed by atoms with van der Waals surface area (Å²) in [4.78, 5) is 12.5. The number of thiophene rings is 1. The Morgan fingerprint density at radius 1 is 1.36 bits per heavy atom. The first kappa shape index (κ1) is 15.8. The van der Waals surface area contributed by atoms with Crippen molar-refractivity contribution in [2.24, 2.45) is 0 Å². The fourth-order valence-electron chi connectivity index (χ4n) is 2.90. The van der Waals surface area contributed by atoms with E-state index in [2.05, 4.69) is 5.10 Å². The second kappa shape index (κ2) is 6.60. The molecule has 0 saturated heterocycles. The molecule has 2 aromatic heterocycles. The van der Waals surface area contributed by atoms with E-state index in [1.807, 2.05) is 10.7 Å². The lowest BCUT2D eigenvalue weighted by molar-refractivity contribution is 0.0688. The normalized spacial score (nSPS) is 13.0. The Morgan fingerprint density at radius 3 is 2.91 bits per heavy atom. The third-order valence-corrected chi connectivity index (χ3v) is 5.48. The SMILES string of the molecule is O=C(O)c1nn(CCCCCCl)c2c1CCc1cc(Cl)sc1-2. The van der Waals surface area contributed by atoms with Gasteiger partial charge in [-0.2, -0.15) is 5.10 Å². The Balaban J connectivity index is 1.99. The van der Waals surface area contributed by atoms with Crippen molar-refractivity contribution in [2.45, 2.75) is 38.6 Å². The summed E-state index contributed by atoms with van der Waals surface area (Å²) >= 11 is 13.3. The summed E-state index contributed by atoms with van der Waals surface area (Å²) in [6.07, 6.45) is 4.45. The van der Waals surface area contributed by atoms with Gasteiger partial charge < -0.3 is 5.11 Å². The number of aryl methyl sites for hydroxylation is 2. The average Bonchev–Trinajstić information content (AvgIpc) is 3.03. The van der Waals surface area contributed by atoms with Crippen molar-refractivity contribution in [3.63, 3.8) is 0 Å². The quantitative estimate of drug-likeness (QED) is 0.612. The van der Waals surface area contributed by atoms with Crippen molar-refractivity contribution >= 4 is 40.5 Å². The number of alkyl halides is 1. The molecule has 1 aliphatic rings. The highest BCUT2D eigenvalue weighted by molar-refractivity contribution is 7.19. The van der Waals surface area contributed by atoms with Crippen LogP contribution in [0.3, 0.4) is 0 Å². The van der Waals surface area contributed by atoms with Crippen LogP contribution in [0.2, 0.25) is 4.34 Å². The first-order chi connectivity index (χ1) is 10.6. The van der Waals surface area contributed by atoms with Crippen LogP contribution in [0.5, 0.6) is 0 Å². The molecule has 118 valence electrons. The molecule has 0 aliphatic heterocycles. The molecule has 0 aromatic carbocycles. The van der Waals surface area contributed by atoms with Crippen molar-refractivity contribution in [1.82, 2.24) is 9.78 Å². The number of halogens is 2. The summed E-state index contributed by atoms with van der Waals surface area (Å²) in [5, 5.41) is 13.7. The molecule has 0 unspecified atom stereocenters. The highest BCUT2D eigenvalue weighted by Crippen LogP contribution is 2.42. The van der Waals surface area contributed by atoms with Crippen LogP contribution in [0, 0.1) is 0 Å². The number of fused-ring (bicyclic) bond motifs is 3. The molecule has 2 aromatic rings. The van der Waals surface area contributed by atoms with Crippen molar-refractivity contribution in [3.05, 3.63) is 27.2 Å². The van der Waals surface area contributed by atoms with Gasteiger partial charge >= 0.3 is 5.97 Å². The van der Waals surface area contributed by atoms with Gasteiger partial charge in [0.05, 0.1) is 14.9 Å². The number of unbranched alkanes of at least 4 members (excludes halogenated alkanes) is 2. The monoisotopic (exact) mass is 358 g/mol. The molecule has 3 rings (SSSR count). The number of carboxylic acids is 1. The molecule has 7 heteroatoms. The van der Waals surface area contributed by atoms with Gasteiger partial charge in [-0.3, -0.25) is 4.68 Å². The molecule has 0 atom stereocenters. The van der Waals surface area contributed by atoms with E-state index in [0.29, 0.717) is 18.8 Å². The second-order valence-electron chi connectivity index (χ2n) is 5.36. The maximum Gasteiger partial charge on any atom is 0.356 e. The molecular weight excluding hydrogens is 343 g/mol. The van der Waals surface area contributed by atoms with Gasteiger partial charge in [-0.1, -0.05) is 18.0 Å². The lowest BCUT2D eigenvalue weighted by Crippen LogP contribution is -2.07. The van der Waals surface area contributed by atoms with E-state index in [1.54, 1.807) is 0 Å². The number of nitrogens with zero attached hydrogens (tertiary/aromatic N) is 2. The Hall–Kier alpha value is -1.04. The summed E-state index contributed by atoms with van der Waals surface area (Å²) in [5.41, 5.74) is 3.17. The van der Waals surface area contributed by atoms with Crippen molar-refractivity contribution in [1.29, 1.82) is 0 Å². The number of aromatic carboxylic acids is 1. The molecule has 0 bridgehead atoms. The number of aromatic nitrogens is 2. The lowest BCUT2D eigenvalue weighted by atomic mass is 9.95. The summed E-state index contributed by atoms with van der Waals surface area (Å²) in [6.45, 7) is 0.710. The van der Waals surface area contributed by atoms with E-state index in [1.165, 1.54) is 16.9 Å². The van der Waals surface area contributed by atoms with Crippen LogP contribution in [-0.4, -0.2) is 26.7 Å². The van der Waals surface area contributed by atoms with Crippen LogP contribution < -0.4 is 0 Å². The van der Waals surface area contributed by atoms with Crippen LogP contribution >= 0.6 is 34.5 Å². The first-order valence-electron chi connectivity index (χ1n) is 7.29. The van der Waals surface area contributed by atoms with Gasteiger partial charge in [0.1, 0.15) is 0 Å². The third-order valence-electron chi connectivity index (χ3n) is 3.89. The number of carboxylic acid groups (broad SMARTS) is 1. The molecule has 0 fully saturated rings. The molecule has 1 N–H and O–H groups in total. The van der Waals surface area contributed by atoms with Crippen molar-refractivity contribution < 1.29 is 9.90 Å². The first-order valence-corrected chi connectivity index (χ1v) is 9.02. The predicted molar refractivity (Wildman–Crippen MR) is 89.5 cm³/mol. The second-order valence-corrected chi connectivity index (χ2v) is 7.42. The lowest BCUT2D eigenvalue weighted by Gasteiger charge is -2.14. The zero-order valence-electron chi connectivity index (χ0n) is 11.9. The predicted octanol–water partition coefficient (Wildman–Crippen LogP) is 4.47. The van der Waals surface area contributed by atoms with Crippen LogP contribution in [0.25, 0.3) is 10.6 Å². The average molecular weight is 359 g/mol. The standard InChI is InChI=1S/C15H16Cl2N2O2S/c16-6-2-1-3-7-19-13-10(12(18-19)15(20)21)5-4-9-8-11(17)22-14(9)13/h8H,1-7H2,(H,20,21). The van der Waals surface area contributed by atoms with Crippen LogP contribution in [-0.2, 0) is 19.4 Å². The van der Waals surface area contributed by atoms with E-state index in [-0.39, 0.29) is 5.69 Å². The van der Waals surface area contributed by atoms with Gasteiger partial charge in [-0.15, -0.1) is 22.9 Å². The molecular formula is C15H16Cl2N2O2S. The fourth-order valence-corrected chi connectivity index (χ4v) is 4.46. The Kier molecular flexibility index (Phi) is 4.76. The van der Waals surface area contributed by atoms with Crippen LogP contribution in [0.15, 0.2) is 6.07 Å². The molecule has 22 heavy (non-hydrogen) atoms. The zero-order valence-corrected chi connectivity index (χ0v) is 14.3. The zero-order chi connectivity index (χ0) is 15.7. The van der Waals surface area contributed by atoms with Gasteiger partial charge in [-0.05, 0) is 37.3 Å². The largest absolute Gasteiger partial charge is 0.476 e. The van der Waals surface area contributed by atoms with Crippen molar-refractivity contribution in [2.75, 3.05) is 5.88 Å². The number of rotatable bonds is 6.